The molecule has 12 heteroatoms. The Balaban J connectivity index is 1.28. The molecule has 2 atom stereocenters. The molecule has 222 valence electrons. The van der Waals surface area contributed by atoms with Gasteiger partial charge in [-0.1, -0.05) is 35.3 Å². The van der Waals surface area contributed by atoms with Crippen LogP contribution in [-0.4, -0.2) is 86.6 Å². The number of nitriles is 1. The third kappa shape index (κ3) is 5.25. The van der Waals surface area contributed by atoms with Crippen LogP contribution < -0.4 is 10.2 Å². The van der Waals surface area contributed by atoms with Crippen molar-refractivity contribution in [2.45, 2.75) is 59.2 Å². The molecule has 4 fully saturated rings. The van der Waals surface area contributed by atoms with Crippen molar-refractivity contribution >= 4 is 50.5 Å². The highest BCUT2D eigenvalue weighted by molar-refractivity contribution is 7.92. The highest BCUT2D eigenvalue weighted by Crippen LogP contribution is 2.51. The molecule has 2 aliphatic heterocycles. The molecule has 42 heavy (non-hydrogen) atoms. The van der Waals surface area contributed by atoms with Crippen LogP contribution in [0.25, 0.3) is 0 Å². The molecule has 0 aromatic heterocycles. The van der Waals surface area contributed by atoms with E-state index in [9.17, 15) is 23.3 Å². The number of nitrogens with one attached hydrogen (secondary N) is 1. The van der Waals surface area contributed by atoms with Crippen LogP contribution in [0.5, 0.6) is 0 Å². The zero-order valence-corrected chi connectivity index (χ0v) is 25.7. The number of amides is 2. The van der Waals surface area contributed by atoms with Crippen molar-refractivity contribution in [2.75, 3.05) is 44.7 Å². The largest absolute Gasteiger partial charge is 0.369 e. The number of anilines is 1. The Morgan fingerprint density at radius 1 is 1.00 bits per heavy atom. The first-order chi connectivity index (χ1) is 20.0. The second-order valence-corrected chi connectivity index (χ2v) is 15.1. The monoisotopic (exact) mass is 629 g/mol. The van der Waals surface area contributed by atoms with Gasteiger partial charge in [0.15, 0.2) is 9.84 Å². The van der Waals surface area contributed by atoms with Gasteiger partial charge in [0.05, 0.1) is 26.7 Å². The fourth-order valence-electron chi connectivity index (χ4n) is 6.16. The first-order valence-electron chi connectivity index (χ1n) is 14.3. The zero-order chi connectivity index (χ0) is 29.9. The van der Waals surface area contributed by atoms with Gasteiger partial charge in [0, 0.05) is 43.4 Å². The summed E-state index contributed by atoms with van der Waals surface area (Å²) in [6.45, 7) is 3.30. The molecule has 9 nitrogen and oxygen atoms in total. The predicted octanol–water partition coefficient (Wildman–Crippen LogP) is 3.39. The lowest BCUT2D eigenvalue weighted by molar-refractivity contribution is -0.140. The van der Waals surface area contributed by atoms with Gasteiger partial charge in [0.25, 0.3) is 0 Å². The van der Waals surface area contributed by atoms with Crippen molar-refractivity contribution in [1.82, 2.24) is 15.1 Å². The van der Waals surface area contributed by atoms with Crippen molar-refractivity contribution in [3.63, 3.8) is 0 Å². The van der Waals surface area contributed by atoms with E-state index in [2.05, 4.69) is 28.2 Å². The molecule has 2 aromatic carbocycles. The van der Waals surface area contributed by atoms with Crippen molar-refractivity contribution < 1.29 is 18.0 Å². The first-order valence-corrected chi connectivity index (χ1v) is 16.6. The summed E-state index contributed by atoms with van der Waals surface area (Å²) in [4.78, 5) is 33.5. The summed E-state index contributed by atoms with van der Waals surface area (Å²) in [7, 11) is -1.94. The first kappa shape index (κ1) is 29.2. The number of hydrogen-bond donors (Lipinski definition) is 1. The third-order valence-corrected chi connectivity index (χ3v) is 12.1. The Hall–Kier alpha value is -2.84. The molecule has 1 unspecified atom stereocenters. The molecule has 2 aliphatic carbocycles. The molecule has 0 spiro atoms. The number of nitrogens with zero attached hydrogens (tertiary/aromatic N) is 4. The van der Waals surface area contributed by atoms with Crippen LogP contribution in [0.1, 0.15) is 37.7 Å². The molecular formula is C30H33Cl2N5O4S. The molecule has 4 aliphatic rings. The van der Waals surface area contributed by atoms with Crippen LogP contribution in [0.4, 0.5) is 5.69 Å². The molecule has 6 rings (SSSR count). The topological polar surface area (TPSA) is 114 Å². The van der Waals surface area contributed by atoms with Crippen LogP contribution in [0.2, 0.25) is 10.0 Å². The van der Waals surface area contributed by atoms with Gasteiger partial charge in [0.1, 0.15) is 11.6 Å². The zero-order valence-electron chi connectivity index (χ0n) is 23.4. The van der Waals surface area contributed by atoms with Crippen LogP contribution in [0.15, 0.2) is 47.4 Å². The normalized spacial score (nSPS) is 24.6. The van der Waals surface area contributed by atoms with E-state index < -0.39 is 38.0 Å². The number of carbonyl (C=O) groups excluding carboxylic acids is 2. The van der Waals surface area contributed by atoms with E-state index in [4.69, 9.17) is 23.2 Å². The van der Waals surface area contributed by atoms with E-state index in [1.807, 2.05) is 12.1 Å². The molecule has 1 N–H and O–H groups in total. The molecule has 2 heterocycles. The number of halogens is 2. The highest BCUT2D eigenvalue weighted by Gasteiger charge is 2.58. The second kappa shape index (κ2) is 10.7. The molecule has 0 bridgehead atoms. The number of likely N-dealkylation sites (tertiary alicyclic amines) is 1. The maximum atomic E-state index is 14.1. The van der Waals surface area contributed by atoms with E-state index in [0.717, 1.165) is 37.4 Å². The molecule has 2 aromatic rings. The van der Waals surface area contributed by atoms with Gasteiger partial charge in [-0.15, -0.1) is 0 Å². The minimum atomic E-state index is -4.00. The Morgan fingerprint density at radius 3 is 2.24 bits per heavy atom. The third-order valence-electron chi connectivity index (χ3n) is 9.24. The molecule has 2 amide bonds. The van der Waals surface area contributed by atoms with E-state index in [0.29, 0.717) is 30.7 Å². The Morgan fingerprint density at radius 2 is 1.67 bits per heavy atom. The van der Waals surface area contributed by atoms with Gasteiger partial charge in [0.2, 0.25) is 11.8 Å². The van der Waals surface area contributed by atoms with Crippen molar-refractivity contribution in [2.24, 2.45) is 0 Å². The van der Waals surface area contributed by atoms with E-state index >= 15 is 0 Å². The van der Waals surface area contributed by atoms with E-state index in [1.165, 1.54) is 11.0 Å². The molecule has 0 radical (unpaired) electrons. The van der Waals surface area contributed by atoms with Gasteiger partial charge < -0.3 is 20.0 Å². The van der Waals surface area contributed by atoms with Crippen LogP contribution in [0, 0.1) is 11.3 Å². The smallest absolute Gasteiger partial charge is 0.244 e. The predicted molar refractivity (Wildman–Crippen MR) is 160 cm³/mol. The Labute approximate surface area is 256 Å². The average molecular weight is 631 g/mol. The lowest BCUT2D eigenvalue weighted by atomic mass is 9.94. The summed E-state index contributed by atoms with van der Waals surface area (Å²) in [6, 6.07) is 13.2. The summed E-state index contributed by atoms with van der Waals surface area (Å²) in [5.74, 6) is -0.774. The molecule has 2 saturated carbocycles. The van der Waals surface area contributed by atoms with Gasteiger partial charge in [-0.25, -0.2) is 8.42 Å². The van der Waals surface area contributed by atoms with Crippen molar-refractivity contribution in [1.29, 1.82) is 5.26 Å². The standard InChI is InChI=1S/C30H33Cl2N5O4S/c1-35-12-14-36(15-13-35)22-6-7-26(24(32)16-22)42(40,41)23-17-25(27(38)34-29(19-33)8-9-29)37(18-23)28(39)30(10-11-30)20-2-4-21(31)5-3-20/h2-7,16,23,25H,8-15,17-18H2,1H3,(H,34,38)/t23?,25-/m0/s1. The lowest BCUT2D eigenvalue weighted by Crippen LogP contribution is -2.51. The molecule has 2 saturated heterocycles. The Kier molecular flexibility index (Phi) is 7.45. The average Bonchev–Trinajstić information content (AvgIpc) is 3.89. The van der Waals surface area contributed by atoms with Gasteiger partial charge >= 0.3 is 0 Å². The SMILES string of the molecule is CN1CCN(c2ccc(S(=O)(=O)C3C[C@@H](C(=O)NC4(C#N)CC4)N(C(=O)C4(c5ccc(Cl)cc5)CC4)C3)c(Cl)c2)CC1. The van der Waals surface area contributed by atoms with Gasteiger partial charge in [-0.2, -0.15) is 5.26 Å². The quantitative estimate of drug-likeness (QED) is 0.499. The summed E-state index contributed by atoms with van der Waals surface area (Å²) >= 11 is 12.7. The fraction of sp³-hybridized carbons (Fsp3) is 0.500. The number of benzene rings is 2. The number of piperazine rings is 1. The number of likely N-dealkylation sites (N-methyl/N-ethyl adjacent to an activating group) is 1. The number of hydrogen-bond acceptors (Lipinski definition) is 7. The minimum Gasteiger partial charge on any atom is -0.369 e. The maximum Gasteiger partial charge on any atom is 0.244 e. The molecular weight excluding hydrogens is 597 g/mol. The Bertz CT molecular complexity index is 1560. The van der Waals surface area contributed by atoms with Crippen LogP contribution in [-0.2, 0) is 24.8 Å². The minimum absolute atomic E-state index is 0.00461. The summed E-state index contributed by atoms with van der Waals surface area (Å²) in [5.41, 5.74) is -0.118. The van der Waals surface area contributed by atoms with Crippen LogP contribution >= 0.6 is 23.2 Å². The second-order valence-electron chi connectivity index (χ2n) is 12.1. The van der Waals surface area contributed by atoms with Crippen molar-refractivity contribution in [3.8, 4) is 6.07 Å². The number of carbonyl (C=O) groups is 2. The fourth-order valence-corrected chi connectivity index (χ4v) is 8.52. The number of sulfone groups is 1. The van der Waals surface area contributed by atoms with Gasteiger partial charge in [-0.3, -0.25) is 9.59 Å². The van der Waals surface area contributed by atoms with Crippen LogP contribution in [0.3, 0.4) is 0 Å². The van der Waals surface area contributed by atoms with Crippen molar-refractivity contribution in [3.05, 3.63) is 58.1 Å². The lowest BCUT2D eigenvalue weighted by Gasteiger charge is -2.34. The van der Waals surface area contributed by atoms with E-state index in [1.54, 1.807) is 24.3 Å². The van der Waals surface area contributed by atoms with Gasteiger partial charge in [-0.05, 0) is 75.0 Å². The summed E-state index contributed by atoms with van der Waals surface area (Å²) in [6.07, 6.45) is 2.17. The summed E-state index contributed by atoms with van der Waals surface area (Å²) in [5, 5.41) is 12.0. The number of rotatable bonds is 7. The summed E-state index contributed by atoms with van der Waals surface area (Å²) < 4.78 is 28.0. The van der Waals surface area contributed by atoms with E-state index in [-0.39, 0.29) is 28.8 Å². The highest BCUT2D eigenvalue weighted by atomic mass is 35.5. The maximum absolute atomic E-state index is 14.1.